The fourth-order valence-corrected chi connectivity index (χ4v) is 1.97. The standard InChI is InChI=1S/C17H16N4O/c1-4-10-19-17(22)15-16(18)20-14(21(15)3)9-8-13-7-5-6-12(2)11-13/h1,5-7,11H,10,18H2,2-3H3,(H,19,22). The number of rotatable bonds is 2. The van der Waals surface area contributed by atoms with Crippen molar-refractivity contribution < 1.29 is 4.79 Å². The van der Waals surface area contributed by atoms with Crippen LogP contribution < -0.4 is 11.1 Å². The van der Waals surface area contributed by atoms with E-state index in [1.54, 1.807) is 11.6 Å². The molecule has 22 heavy (non-hydrogen) atoms. The molecular formula is C17H16N4O. The van der Waals surface area contributed by atoms with E-state index in [0.29, 0.717) is 5.82 Å². The Morgan fingerprint density at radius 3 is 2.91 bits per heavy atom. The van der Waals surface area contributed by atoms with Crippen LogP contribution in [0.3, 0.4) is 0 Å². The second-order valence-electron chi connectivity index (χ2n) is 4.73. The second kappa shape index (κ2) is 6.51. The first kappa shape index (κ1) is 15.2. The van der Waals surface area contributed by atoms with Crippen molar-refractivity contribution in [2.45, 2.75) is 6.92 Å². The van der Waals surface area contributed by atoms with Gasteiger partial charge >= 0.3 is 0 Å². The minimum Gasteiger partial charge on any atom is -0.382 e. The summed E-state index contributed by atoms with van der Waals surface area (Å²) in [6.45, 7) is 2.13. The molecule has 1 amide bonds. The average molecular weight is 292 g/mol. The highest BCUT2D eigenvalue weighted by Gasteiger charge is 2.17. The lowest BCUT2D eigenvalue weighted by molar-refractivity contribution is 0.0951. The predicted molar refractivity (Wildman–Crippen MR) is 85.9 cm³/mol. The van der Waals surface area contributed by atoms with Gasteiger partial charge in [0.25, 0.3) is 5.91 Å². The van der Waals surface area contributed by atoms with E-state index < -0.39 is 0 Å². The van der Waals surface area contributed by atoms with Crippen molar-refractivity contribution in [2.75, 3.05) is 12.3 Å². The van der Waals surface area contributed by atoms with Crippen molar-refractivity contribution >= 4 is 11.7 Å². The summed E-state index contributed by atoms with van der Waals surface area (Å²) in [5, 5.41) is 2.56. The number of terminal acetylenes is 1. The van der Waals surface area contributed by atoms with E-state index in [1.807, 2.05) is 31.2 Å². The Morgan fingerprint density at radius 1 is 1.45 bits per heavy atom. The highest BCUT2D eigenvalue weighted by molar-refractivity contribution is 5.97. The average Bonchev–Trinajstić information content (AvgIpc) is 2.77. The Kier molecular flexibility index (Phi) is 4.50. The third kappa shape index (κ3) is 3.28. The zero-order valence-electron chi connectivity index (χ0n) is 12.5. The molecule has 0 spiro atoms. The van der Waals surface area contributed by atoms with E-state index in [9.17, 15) is 4.79 Å². The lowest BCUT2D eigenvalue weighted by Gasteiger charge is -2.03. The summed E-state index contributed by atoms with van der Waals surface area (Å²) in [6.07, 6.45) is 5.12. The summed E-state index contributed by atoms with van der Waals surface area (Å²) >= 11 is 0. The molecule has 2 aromatic rings. The van der Waals surface area contributed by atoms with Gasteiger partial charge in [-0.25, -0.2) is 4.98 Å². The van der Waals surface area contributed by atoms with Crippen LogP contribution in [0.5, 0.6) is 0 Å². The number of aryl methyl sites for hydroxylation is 1. The molecule has 1 aromatic heterocycles. The van der Waals surface area contributed by atoms with Crippen molar-refractivity contribution in [2.24, 2.45) is 7.05 Å². The van der Waals surface area contributed by atoms with E-state index in [1.165, 1.54) is 0 Å². The Balaban J connectivity index is 2.32. The lowest BCUT2D eigenvalue weighted by Crippen LogP contribution is -2.26. The number of hydrogen-bond acceptors (Lipinski definition) is 3. The summed E-state index contributed by atoms with van der Waals surface area (Å²) in [7, 11) is 1.69. The quantitative estimate of drug-likeness (QED) is 0.813. The molecule has 0 aliphatic carbocycles. The van der Waals surface area contributed by atoms with Crippen molar-refractivity contribution in [3.05, 3.63) is 46.9 Å². The van der Waals surface area contributed by atoms with Crippen molar-refractivity contribution in [3.63, 3.8) is 0 Å². The molecule has 110 valence electrons. The van der Waals surface area contributed by atoms with E-state index in [-0.39, 0.29) is 24.0 Å². The third-order valence-corrected chi connectivity index (χ3v) is 3.02. The van der Waals surface area contributed by atoms with E-state index >= 15 is 0 Å². The number of carbonyl (C=O) groups excluding carboxylic acids is 1. The van der Waals surface area contributed by atoms with Gasteiger partial charge in [0, 0.05) is 12.6 Å². The summed E-state index contributed by atoms with van der Waals surface area (Å²) in [4.78, 5) is 16.1. The SMILES string of the molecule is C#CCNC(=O)c1c(N)nc(C#Cc2cccc(C)c2)n1C. The van der Waals surface area contributed by atoms with E-state index in [2.05, 4.69) is 28.1 Å². The van der Waals surface area contributed by atoms with Crippen molar-refractivity contribution in [1.29, 1.82) is 0 Å². The maximum atomic E-state index is 12.0. The predicted octanol–water partition coefficient (Wildman–Crippen LogP) is 1.07. The molecule has 0 saturated heterocycles. The Morgan fingerprint density at radius 2 is 2.23 bits per heavy atom. The van der Waals surface area contributed by atoms with Gasteiger partial charge in [-0.1, -0.05) is 24.0 Å². The third-order valence-electron chi connectivity index (χ3n) is 3.02. The molecule has 0 bridgehead atoms. The maximum Gasteiger partial charge on any atom is 0.272 e. The minimum absolute atomic E-state index is 0.130. The second-order valence-corrected chi connectivity index (χ2v) is 4.73. The molecule has 0 fully saturated rings. The summed E-state index contributed by atoms with van der Waals surface area (Å²) in [6, 6.07) is 7.81. The zero-order valence-corrected chi connectivity index (χ0v) is 12.5. The van der Waals surface area contributed by atoms with Gasteiger partial charge in [0.2, 0.25) is 0 Å². The highest BCUT2D eigenvalue weighted by atomic mass is 16.2. The van der Waals surface area contributed by atoms with Crippen LogP contribution in [0.25, 0.3) is 0 Å². The van der Waals surface area contributed by atoms with Crippen LogP contribution in [0.1, 0.15) is 27.4 Å². The molecule has 0 aliphatic rings. The van der Waals surface area contributed by atoms with E-state index in [4.69, 9.17) is 12.2 Å². The van der Waals surface area contributed by atoms with Crippen LogP contribution in [0, 0.1) is 31.1 Å². The fraction of sp³-hybridized carbons (Fsp3) is 0.176. The van der Waals surface area contributed by atoms with Gasteiger partial charge in [-0.3, -0.25) is 4.79 Å². The fourth-order valence-electron chi connectivity index (χ4n) is 1.97. The van der Waals surface area contributed by atoms with Gasteiger partial charge < -0.3 is 15.6 Å². The Hall–Kier alpha value is -3.18. The van der Waals surface area contributed by atoms with Crippen LogP contribution >= 0.6 is 0 Å². The molecule has 5 nitrogen and oxygen atoms in total. The number of amides is 1. The number of hydrogen-bond donors (Lipinski definition) is 2. The van der Waals surface area contributed by atoms with Crippen LogP contribution in [-0.2, 0) is 7.05 Å². The molecular weight excluding hydrogens is 276 g/mol. The summed E-state index contributed by atoms with van der Waals surface area (Å²) in [5.41, 5.74) is 8.05. The maximum absolute atomic E-state index is 12.0. The molecule has 1 heterocycles. The molecule has 0 aliphatic heterocycles. The first-order chi connectivity index (χ1) is 10.5. The normalized spacial score (nSPS) is 9.50. The monoisotopic (exact) mass is 292 g/mol. The van der Waals surface area contributed by atoms with Gasteiger partial charge in [0.15, 0.2) is 17.3 Å². The minimum atomic E-state index is -0.367. The molecule has 2 rings (SSSR count). The van der Waals surface area contributed by atoms with Gasteiger partial charge in [-0.05, 0) is 30.5 Å². The van der Waals surface area contributed by atoms with Crippen LogP contribution in [0.4, 0.5) is 5.82 Å². The molecule has 3 N–H and O–H groups in total. The molecule has 1 aromatic carbocycles. The first-order valence-corrected chi connectivity index (χ1v) is 6.65. The number of nitrogens with two attached hydrogens (primary N) is 1. The van der Waals surface area contributed by atoms with Crippen LogP contribution in [0.15, 0.2) is 24.3 Å². The number of nitrogens with zero attached hydrogens (tertiary/aromatic N) is 2. The summed E-state index contributed by atoms with van der Waals surface area (Å²) < 4.78 is 1.56. The lowest BCUT2D eigenvalue weighted by atomic mass is 10.1. The largest absolute Gasteiger partial charge is 0.382 e. The molecule has 0 saturated carbocycles. The Bertz CT molecular complexity index is 815. The number of anilines is 1. The topological polar surface area (TPSA) is 72.9 Å². The van der Waals surface area contributed by atoms with Crippen molar-refractivity contribution in [1.82, 2.24) is 14.9 Å². The van der Waals surface area contributed by atoms with Gasteiger partial charge in [-0.15, -0.1) is 6.42 Å². The van der Waals surface area contributed by atoms with Gasteiger partial charge in [0.05, 0.1) is 6.54 Å². The summed E-state index contributed by atoms with van der Waals surface area (Å²) in [5.74, 6) is 8.46. The smallest absolute Gasteiger partial charge is 0.272 e. The zero-order chi connectivity index (χ0) is 16.1. The van der Waals surface area contributed by atoms with Crippen LogP contribution in [-0.4, -0.2) is 22.0 Å². The number of carbonyl (C=O) groups is 1. The van der Waals surface area contributed by atoms with E-state index in [0.717, 1.165) is 11.1 Å². The Labute approximate surface area is 129 Å². The van der Waals surface area contributed by atoms with Gasteiger partial charge in [0.1, 0.15) is 0 Å². The number of nitrogens with one attached hydrogen (secondary N) is 1. The highest BCUT2D eigenvalue weighted by Crippen LogP contribution is 2.12. The van der Waals surface area contributed by atoms with Crippen molar-refractivity contribution in [3.8, 4) is 24.2 Å². The van der Waals surface area contributed by atoms with Gasteiger partial charge in [-0.2, -0.15) is 0 Å². The first-order valence-electron chi connectivity index (χ1n) is 6.65. The molecule has 0 radical (unpaired) electrons. The number of aromatic nitrogens is 2. The number of imidazole rings is 1. The number of benzene rings is 1. The molecule has 0 unspecified atom stereocenters. The molecule has 0 atom stereocenters. The number of nitrogen functional groups attached to an aromatic ring is 1. The molecule has 5 heteroatoms. The van der Waals surface area contributed by atoms with Crippen LogP contribution in [0.2, 0.25) is 0 Å².